The molecule has 4 heteroatoms. The molecule has 1 aromatic carbocycles. The van der Waals surface area contributed by atoms with E-state index in [-0.39, 0.29) is 11.8 Å². The van der Waals surface area contributed by atoms with Gasteiger partial charge in [0.05, 0.1) is 0 Å². The van der Waals surface area contributed by atoms with Gasteiger partial charge in [0.25, 0.3) is 0 Å². The van der Waals surface area contributed by atoms with Crippen LogP contribution in [0.4, 0.5) is 5.82 Å². The zero-order valence-corrected chi connectivity index (χ0v) is 14.0. The first-order valence-corrected chi connectivity index (χ1v) is 8.48. The van der Waals surface area contributed by atoms with Crippen molar-refractivity contribution < 1.29 is 4.79 Å². The molecule has 1 aliphatic rings. The number of hydrogen-bond donors (Lipinski definition) is 1. The van der Waals surface area contributed by atoms with Crippen LogP contribution in [0.1, 0.15) is 30.4 Å². The highest BCUT2D eigenvalue weighted by atomic mass is 16.2. The molecule has 24 heavy (non-hydrogen) atoms. The third-order valence-corrected chi connectivity index (χ3v) is 4.81. The van der Waals surface area contributed by atoms with Crippen molar-refractivity contribution in [3.8, 4) is 11.3 Å². The summed E-state index contributed by atoms with van der Waals surface area (Å²) < 4.78 is 1.99. The molecule has 1 aliphatic carbocycles. The lowest BCUT2D eigenvalue weighted by Gasteiger charge is -2.24. The number of imidazole rings is 1. The zero-order chi connectivity index (χ0) is 16.7. The smallest absolute Gasteiger partial charge is 0.228 e. The Morgan fingerprint density at radius 2 is 1.79 bits per heavy atom. The van der Waals surface area contributed by atoms with Gasteiger partial charge in [-0.25, -0.2) is 4.98 Å². The maximum atomic E-state index is 12.5. The molecule has 0 unspecified atom stereocenters. The first kappa shape index (κ1) is 14.9. The number of carbonyl (C=O) groups excluding carboxylic acids is 1. The van der Waals surface area contributed by atoms with Crippen LogP contribution in [0.15, 0.2) is 42.6 Å². The first-order chi connectivity index (χ1) is 11.6. The van der Waals surface area contributed by atoms with Gasteiger partial charge in [-0.15, -0.1) is 0 Å². The van der Waals surface area contributed by atoms with E-state index in [0.717, 1.165) is 47.5 Å². The van der Waals surface area contributed by atoms with Gasteiger partial charge < -0.3 is 5.32 Å². The molecule has 122 valence electrons. The number of nitrogens with one attached hydrogen (secondary N) is 1. The fraction of sp³-hybridized carbons (Fsp3) is 0.300. The van der Waals surface area contributed by atoms with Crippen LogP contribution < -0.4 is 5.32 Å². The fourth-order valence-corrected chi connectivity index (χ4v) is 3.07. The second-order valence-corrected chi connectivity index (χ2v) is 6.73. The highest BCUT2D eigenvalue weighted by Crippen LogP contribution is 2.32. The van der Waals surface area contributed by atoms with Crippen molar-refractivity contribution >= 4 is 17.4 Å². The Bertz CT molecular complexity index is 905. The maximum absolute atomic E-state index is 12.5. The van der Waals surface area contributed by atoms with Gasteiger partial charge in [0.15, 0.2) is 0 Å². The van der Waals surface area contributed by atoms with Crippen LogP contribution in [-0.2, 0) is 4.79 Å². The average molecular weight is 319 g/mol. The van der Waals surface area contributed by atoms with E-state index in [1.54, 1.807) is 0 Å². The van der Waals surface area contributed by atoms with Crippen molar-refractivity contribution in [2.75, 3.05) is 5.32 Å². The normalized spacial score (nSPS) is 14.6. The maximum Gasteiger partial charge on any atom is 0.228 e. The number of aromatic nitrogens is 2. The van der Waals surface area contributed by atoms with Crippen molar-refractivity contribution in [2.24, 2.45) is 5.92 Å². The van der Waals surface area contributed by atoms with Gasteiger partial charge in [0, 0.05) is 17.7 Å². The van der Waals surface area contributed by atoms with Crippen LogP contribution in [0.3, 0.4) is 0 Å². The summed E-state index contributed by atoms with van der Waals surface area (Å²) in [6.07, 6.45) is 5.15. The van der Waals surface area contributed by atoms with Crippen LogP contribution in [-0.4, -0.2) is 15.3 Å². The lowest BCUT2D eigenvalue weighted by Crippen LogP contribution is -2.28. The van der Waals surface area contributed by atoms with E-state index in [0.29, 0.717) is 0 Å². The Hall–Kier alpha value is -2.62. The van der Waals surface area contributed by atoms with E-state index in [4.69, 9.17) is 4.98 Å². The molecule has 2 aromatic heterocycles. The third-order valence-electron chi connectivity index (χ3n) is 4.81. The second kappa shape index (κ2) is 5.78. The molecule has 4 rings (SSSR count). The quantitative estimate of drug-likeness (QED) is 0.780. The van der Waals surface area contributed by atoms with Crippen molar-refractivity contribution in [3.63, 3.8) is 0 Å². The van der Waals surface area contributed by atoms with Crippen molar-refractivity contribution in [1.82, 2.24) is 9.38 Å². The van der Waals surface area contributed by atoms with Gasteiger partial charge in [-0.2, -0.15) is 0 Å². The van der Waals surface area contributed by atoms with Gasteiger partial charge in [0.2, 0.25) is 5.91 Å². The monoisotopic (exact) mass is 319 g/mol. The third kappa shape index (κ3) is 2.58. The molecule has 0 bridgehead atoms. The number of fused-ring (bicyclic) bond motifs is 1. The molecule has 1 fully saturated rings. The highest BCUT2D eigenvalue weighted by molar-refractivity contribution is 5.96. The number of aryl methyl sites for hydroxylation is 2. The van der Waals surface area contributed by atoms with E-state index in [2.05, 4.69) is 36.5 Å². The summed E-state index contributed by atoms with van der Waals surface area (Å²) >= 11 is 0. The summed E-state index contributed by atoms with van der Waals surface area (Å²) in [6, 6.07) is 12.3. The predicted molar refractivity (Wildman–Crippen MR) is 96.1 cm³/mol. The fourth-order valence-electron chi connectivity index (χ4n) is 3.07. The summed E-state index contributed by atoms with van der Waals surface area (Å²) in [7, 11) is 0. The zero-order valence-electron chi connectivity index (χ0n) is 14.0. The number of hydrogen-bond acceptors (Lipinski definition) is 2. The van der Waals surface area contributed by atoms with Crippen molar-refractivity contribution in [2.45, 2.75) is 33.1 Å². The molecular formula is C20H21N3O. The van der Waals surface area contributed by atoms with Crippen LogP contribution in [0, 0.1) is 19.8 Å². The van der Waals surface area contributed by atoms with E-state index in [9.17, 15) is 4.79 Å². The van der Waals surface area contributed by atoms with E-state index in [1.807, 2.05) is 29.7 Å². The Labute approximate surface area is 141 Å². The van der Waals surface area contributed by atoms with Crippen molar-refractivity contribution in [3.05, 3.63) is 53.7 Å². The molecule has 0 radical (unpaired) electrons. The molecule has 2 heterocycles. The summed E-state index contributed by atoms with van der Waals surface area (Å²) in [5, 5.41) is 3.14. The second-order valence-electron chi connectivity index (χ2n) is 6.73. The van der Waals surface area contributed by atoms with Crippen LogP contribution >= 0.6 is 0 Å². The molecule has 4 nitrogen and oxygen atoms in total. The van der Waals surface area contributed by atoms with E-state index < -0.39 is 0 Å². The molecule has 1 amide bonds. The van der Waals surface area contributed by atoms with Gasteiger partial charge in [-0.05, 0) is 38.3 Å². The number of nitrogens with zero attached hydrogens (tertiary/aromatic N) is 2. The van der Waals surface area contributed by atoms with Crippen molar-refractivity contribution in [1.29, 1.82) is 0 Å². The average Bonchev–Trinajstić information content (AvgIpc) is 2.84. The number of anilines is 1. The molecule has 0 saturated heterocycles. The highest BCUT2D eigenvalue weighted by Gasteiger charge is 2.27. The summed E-state index contributed by atoms with van der Waals surface area (Å²) in [5.74, 6) is 1.03. The first-order valence-electron chi connectivity index (χ1n) is 8.48. The summed E-state index contributed by atoms with van der Waals surface area (Å²) in [4.78, 5) is 17.3. The summed E-state index contributed by atoms with van der Waals surface area (Å²) in [6.45, 7) is 4.11. The van der Waals surface area contributed by atoms with Crippen LogP contribution in [0.25, 0.3) is 16.9 Å². The van der Waals surface area contributed by atoms with Gasteiger partial charge in [-0.3, -0.25) is 9.20 Å². The van der Waals surface area contributed by atoms with Gasteiger partial charge >= 0.3 is 0 Å². The minimum atomic E-state index is 0.109. The van der Waals surface area contributed by atoms with Crippen LogP contribution in [0.5, 0.6) is 0 Å². The van der Waals surface area contributed by atoms with E-state index in [1.165, 1.54) is 5.56 Å². The number of benzene rings is 1. The van der Waals surface area contributed by atoms with E-state index >= 15 is 0 Å². The Morgan fingerprint density at radius 3 is 2.46 bits per heavy atom. The molecule has 1 N–H and O–H groups in total. The predicted octanol–water partition coefficient (Wildman–Crippen LogP) is 4.36. The Morgan fingerprint density at radius 1 is 1.08 bits per heavy atom. The SMILES string of the molecule is Cc1ccc(-c2nc3ccc(C)cn3c2NC(=O)C2CCC2)cc1. The number of carbonyl (C=O) groups is 1. The summed E-state index contributed by atoms with van der Waals surface area (Å²) in [5.41, 5.74) is 5.03. The minimum absolute atomic E-state index is 0.109. The Balaban J connectivity index is 1.83. The Kier molecular flexibility index (Phi) is 3.60. The van der Waals surface area contributed by atoms with Crippen LogP contribution in [0.2, 0.25) is 0 Å². The molecule has 0 spiro atoms. The largest absolute Gasteiger partial charge is 0.310 e. The molecule has 0 atom stereocenters. The minimum Gasteiger partial charge on any atom is -0.310 e. The molecule has 0 aliphatic heterocycles. The lowest BCUT2D eigenvalue weighted by atomic mass is 9.85. The molecule has 1 saturated carbocycles. The standard InChI is InChI=1S/C20H21N3O/c1-13-6-9-15(10-7-13)18-19(22-20(24)16-4-3-5-16)23-12-14(2)8-11-17(23)21-18/h6-12,16H,3-5H2,1-2H3,(H,22,24). The number of rotatable bonds is 3. The number of pyridine rings is 1. The van der Waals surface area contributed by atoms with Gasteiger partial charge in [0.1, 0.15) is 17.2 Å². The molecular weight excluding hydrogens is 298 g/mol. The molecule has 3 aromatic rings. The topological polar surface area (TPSA) is 46.4 Å². The van der Waals surface area contributed by atoms with Gasteiger partial charge in [-0.1, -0.05) is 42.3 Å². The lowest BCUT2D eigenvalue weighted by molar-refractivity contribution is -0.122. The number of amides is 1.